The second-order valence-electron chi connectivity index (χ2n) is 7.91. The molecule has 0 aliphatic carbocycles. The van der Waals surface area contributed by atoms with Crippen LogP contribution in [0.1, 0.15) is 47.5 Å². The predicted molar refractivity (Wildman–Crippen MR) is 93.0 cm³/mol. The Labute approximate surface area is 157 Å². The zero-order chi connectivity index (χ0) is 22.0. The molecule has 162 valence electrons. The van der Waals surface area contributed by atoms with Crippen LogP contribution in [0, 0.1) is 11.8 Å². The summed E-state index contributed by atoms with van der Waals surface area (Å²) in [4.78, 5) is 12.7. The van der Waals surface area contributed by atoms with Crippen molar-refractivity contribution in [2.45, 2.75) is 76.7 Å². The molecule has 0 aromatic rings. The molecule has 0 amide bonds. The summed E-state index contributed by atoms with van der Waals surface area (Å²) in [5.41, 5.74) is -4.95. The van der Waals surface area contributed by atoms with Crippen LogP contribution in [-0.2, 0) is 9.53 Å². The molecule has 0 heterocycles. The first-order chi connectivity index (χ1) is 11.8. The smallest absolute Gasteiger partial charge is 0.426 e. The number of hydrogen-bond acceptors (Lipinski definition) is 3. The summed E-state index contributed by atoms with van der Waals surface area (Å²) in [6, 6.07) is 0. The minimum atomic E-state index is -5.95. The van der Waals surface area contributed by atoms with Crippen molar-refractivity contribution in [3.8, 4) is 0 Å². The Balaban J connectivity index is 5.86. The summed E-state index contributed by atoms with van der Waals surface area (Å²) in [6.45, 7) is 11.8. The average Bonchev–Trinajstić information content (AvgIpc) is 2.42. The van der Waals surface area contributed by atoms with Crippen LogP contribution < -0.4 is 0 Å². The Morgan fingerprint density at radius 3 is 1.67 bits per heavy atom. The molecule has 0 rings (SSSR count). The number of rotatable bonds is 8. The van der Waals surface area contributed by atoms with E-state index < -0.39 is 49.5 Å². The van der Waals surface area contributed by atoms with Gasteiger partial charge in [-0.1, -0.05) is 35.6 Å². The molecule has 1 N–H and O–H groups in total. The maximum Gasteiger partial charge on any atom is 0.426 e. The van der Waals surface area contributed by atoms with Gasteiger partial charge in [0, 0.05) is 6.42 Å². The fraction of sp³-hybridized carbons (Fsp3) is 0.941. The number of carbonyl (C=O) groups excluding carboxylic acids is 1. The van der Waals surface area contributed by atoms with Crippen molar-refractivity contribution in [2.24, 2.45) is 11.8 Å². The lowest BCUT2D eigenvalue weighted by Gasteiger charge is -2.39. The molecule has 0 bridgehead atoms. The van der Waals surface area contributed by atoms with Crippen molar-refractivity contribution in [1.82, 2.24) is 0 Å². The number of hydrogen-bond donors (Lipinski definition) is 1. The Hall–Kier alpha value is -0.560. The van der Waals surface area contributed by atoms with E-state index in [4.69, 9.17) is 4.74 Å². The normalized spacial score (nSPS) is 17.4. The molecule has 0 aliphatic heterocycles. The Morgan fingerprint density at radius 2 is 1.41 bits per heavy atom. The Kier molecular flexibility index (Phi) is 8.67. The third kappa shape index (κ3) is 5.96. The van der Waals surface area contributed by atoms with Crippen LogP contribution in [0.25, 0.3) is 0 Å². The lowest BCUT2D eigenvalue weighted by molar-refractivity contribution is -0.374. The zero-order valence-electron chi connectivity index (χ0n) is 16.6. The molecule has 0 aliphatic rings. The molecule has 0 saturated carbocycles. The fourth-order valence-corrected chi connectivity index (χ4v) is 4.08. The standard InChI is InChI=1S/C17H29F6O3P/c1-10(2)8-12(9-15(25,16(18,19)20)17(21,22)23)26-13(24)14(5,11(3)4)27(6)7/h10-12,25H,8-9H2,1-7H3. The molecule has 0 spiro atoms. The summed E-state index contributed by atoms with van der Waals surface area (Å²) < 4.78 is 83.3. The lowest BCUT2D eigenvalue weighted by atomic mass is 9.90. The molecule has 2 atom stereocenters. The van der Waals surface area contributed by atoms with E-state index in [0.717, 1.165) is 0 Å². The first-order valence-electron chi connectivity index (χ1n) is 8.55. The van der Waals surface area contributed by atoms with Gasteiger partial charge in [0.15, 0.2) is 0 Å². The quantitative estimate of drug-likeness (QED) is 0.324. The summed E-state index contributed by atoms with van der Waals surface area (Å²) in [7, 11) is -0.935. The lowest BCUT2D eigenvalue weighted by Crippen LogP contribution is -2.59. The van der Waals surface area contributed by atoms with Gasteiger partial charge >= 0.3 is 18.3 Å². The first-order valence-corrected chi connectivity index (χ1v) is 10.8. The highest BCUT2D eigenvalue weighted by Crippen LogP contribution is 2.50. The molecule has 2 unspecified atom stereocenters. The predicted octanol–water partition coefficient (Wildman–Crippen LogP) is 5.35. The number of ether oxygens (including phenoxy) is 1. The molecule has 27 heavy (non-hydrogen) atoms. The van der Waals surface area contributed by atoms with Gasteiger partial charge in [-0.15, -0.1) is 0 Å². The maximum absolute atomic E-state index is 13.0. The summed E-state index contributed by atoms with van der Waals surface area (Å²) in [6.07, 6.45) is -15.6. The van der Waals surface area contributed by atoms with Gasteiger partial charge in [-0.2, -0.15) is 26.3 Å². The van der Waals surface area contributed by atoms with Gasteiger partial charge in [-0.05, 0) is 38.5 Å². The van der Waals surface area contributed by atoms with Gasteiger partial charge < -0.3 is 9.84 Å². The third-order valence-corrected chi connectivity index (χ3v) is 7.49. The van der Waals surface area contributed by atoms with Crippen molar-refractivity contribution in [1.29, 1.82) is 0 Å². The van der Waals surface area contributed by atoms with Crippen molar-refractivity contribution in [3.63, 3.8) is 0 Å². The largest absolute Gasteiger partial charge is 0.462 e. The highest BCUT2D eigenvalue weighted by molar-refractivity contribution is 7.58. The van der Waals surface area contributed by atoms with E-state index in [1.54, 1.807) is 47.9 Å². The van der Waals surface area contributed by atoms with Crippen LogP contribution >= 0.6 is 7.92 Å². The van der Waals surface area contributed by atoms with Crippen molar-refractivity contribution < 1.29 is 41.0 Å². The molecular formula is C17H29F6O3P. The third-order valence-electron chi connectivity index (χ3n) is 4.94. The van der Waals surface area contributed by atoms with E-state index in [9.17, 15) is 36.2 Å². The molecule has 3 nitrogen and oxygen atoms in total. The van der Waals surface area contributed by atoms with E-state index in [0.29, 0.717) is 0 Å². The van der Waals surface area contributed by atoms with Crippen molar-refractivity contribution in [2.75, 3.05) is 13.3 Å². The van der Waals surface area contributed by atoms with Crippen LogP contribution in [0.5, 0.6) is 0 Å². The average molecular weight is 426 g/mol. The number of aliphatic hydroxyl groups is 1. The second kappa shape index (κ2) is 8.85. The minimum Gasteiger partial charge on any atom is -0.462 e. The van der Waals surface area contributed by atoms with E-state index in [2.05, 4.69) is 0 Å². The molecule has 0 aromatic heterocycles. The maximum atomic E-state index is 13.0. The number of halogens is 6. The van der Waals surface area contributed by atoms with E-state index in [-0.39, 0.29) is 18.3 Å². The number of alkyl halides is 6. The van der Waals surface area contributed by atoms with Crippen LogP contribution in [0.4, 0.5) is 26.3 Å². The highest BCUT2D eigenvalue weighted by Gasteiger charge is 2.71. The number of carbonyl (C=O) groups is 1. The van der Waals surface area contributed by atoms with Gasteiger partial charge in [0.2, 0.25) is 0 Å². The topological polar surface area (TPSA) is 46.5 Å². The summed E-state index contributed by atoms with van der Waals surface area (Å²) in [5, 5.41) is 8.44. The van der Waals surface area contributed by atoms with Crippen LogP contribution in [-0.4, -0.2) is 53.6 Å². The van der Waals surface area contributed by atoms with Gasteiger partial charge in [0.1, 0.15) is 6.10 Å². The molecule has 0 saturated heterocycles. The highest BCUT2D eigenvalue weighted by atomic mass is 31.1. The van der Waals surface area contributed by atoms with E-state index >= 15 is 0 Å². The fourth-order valence-electron chi connectivity index (χ4n) is 2.63. The van der Waals surface area contributed by atoms with E-state index in [1.165, 1.54) is 0 Å². The Bertz CT molecular complexity index is 478. The molecule has 0 fully saturated rings. The second-order valence-corrected chi connectivity index (χ2v) is 10.6. The van der Waals surface area contributed by atoms with Gasteiger partial charge in [0.25, 0.3) is 5.60 Å². The summed E-state index contributed by atoms with van der Waals surface area (Å²) >= 11 is 0. The first kappa shape index (κ1) is 26.4. The van der Waals surface area contributed by atoms with E-state index in [1.807, 2.05) is 0 Å². The number of esters is 1. The van der Waals surface area contributed by atoms with Crippen LogP contribution in [0.3, 0.4) is 0 Å². The van der Waals surface area contributed by atoms with Crippen LogP contribution in [0.15, 0.2) is 0 Å². The summed E-state index contributed by atoms with van der Waals surface area (Å²) in [5.74, 6) is -1.41. The zero-order valence-corrected chi connectivity index (χ0v) is 17.5. The monoisotopic (exact) mass is 426 g/mol. The minimum absolute atomic E-state index is 0.227. The molecule has 0 aromatic carbocycles. The van der Waals surface area contributed by atoms with Gasteiger partial charge in [-0.25, -0.2) is 0 Å². The van der Waals surface area contributed by atoms with Gasteiger partial charge in [0.05, 0.1) is 5.16 Å². The molecule has 0 radical (unpaired) electrons. The molecule has 10 heteroatoms. The van der Waals surface area contributed by atoms with Gasteiger partial charge in [-0.3, -0.25) is 4.79 Å². The van der Waals surface area contributed by atoms with Crippen molar-refractivity contribution >= 4 is 13.9 Å². The Morgan fingerprint density at radius 1 is 1.00 bits per heavy atom. The SMILES string of the molecule is CC(C)CC(CC(O)(C(F)(F)F)C(F)(F)F)OC(=O)C(C)(C(C)C)P(C)C. The van der Waals surface area contributed by atoms with Crippen molar-refractivity contribution in [3.05, 3.63) is 0 Å². The van der Waals surface area contributed by atoms with Crippen LogP contribution in [0.2, 0.25) is 0 Å². The molecular weight excluding hydrogens is 397 g/mol.